The van der Waals surface area contributed by atoms with E-state index < -0.39 is 0 Å². The SMILES string of the molecule is CCC1CC(C)(CC)Nc2c(Cl)cc(Nc3ccccc3)cc21. The summed E-state index contributed by atoms with van der Waals surface area (Å²) in [6.07, 6.45) is 3.39. The molecule has 2 nitrogen and oxygen atoms in total. The highest BCUT2D eigenvalue weighted by Crippen LogP contribution is 2.46. The van der Waals surface area contributed by atoms with Gasteiger partial charge in [0.2, 0.25) is 0 Å². The Kier molecular flexibility index (Phi) is 4.54. The third-order valence-corrected chi connectivity index (χ3v) is 5.32. The molecule has 0 bridgehead atoms. The minimum absolute atomic E-state index is 0.131. The Labute approximate surface area is 144 Å². The van der Waals surface area contributed by atoms with Crippen molar-refractivity contribution in [2.24, 2.45) is 0 Å². The van der Waals surface area contributed by atoms with Crippen molar-refractivity contribution in [1.82, 2.24) is 0 Å². The van der Waals surface area contributed by atoms with Crippen molar-refractivity contribution >= 4 is 28.7 Å². The van der Waals surface area contributed by atoms with E-state index >= 15 is 0 Å². The lowest BCUT2D eigenvalue weighted by Crippen LogP contribution is -2.39. The summed E-state index contributed by atoms with van der Waals surface area (Å²) in [6.45, 7) is 6.80. The van der Waals surface area contributed by atoms with Gasteiger partial charge in [-0.15, -0.1) is 0 Å². The first-order valence-electron chi connectivity index (χ1n) is 8.48. The van der Waals surface area contributed by atoms with Gasteiger partial charge in [-0.2, -0.15) is 0 Å². The molecule has 3 heteroatoms. The second-order valence-corrected chi connectivity index (χ2v) is 7.17. The average molecular weight is 329 g/mol. The predicted molar refractivity (Wildman–Crippen MR) is 101 cm³/mol. The Morgan fingerprint density at radius 3 is 2.57 bits per heavy atom. The molecule has 23 heavy (non-hydrogen) atoms. The quantitative estimate of drug-likeness (QED) is 0.664. The lowest BCUT2D eigenvalue weighted by molar-refractivity contribution is 0.389. The molecule has 1 aliphatic heterocycles. The van der Waals surface area contributed by atoms with Crippen LogP contribution in [0, 0.1) is 0 Å². The van der Waals surface area contributed by atoms with Crippen molar-refractivity contribution in [3.63, 3.8) is 0 Å². The van der Waals surface area contributed by atoms with Gasteiger partial charge < -0.3 is 10.6 Å². The van der Waals surface area contributed by atoms with Gasteiger partial charge in [-0.1, -0.05) is 43.6 Å². The van der Waals surface area contributed by atoms with Crippen LogP contribution in [0.3, 0.4) is 0 Å². The molecule has 1 aliphatic rings. The number of fused-ring (bicyclic) bond motifs is 1. The number of anilines is 3. The topological polar surface area (TPSA) is 24.1 Å². The lowest BCUT2D eigenvalue weighted by atomic mass is 9.77. The fourth-order valence-electron chi connectivity index (χ4n) is 3.45. The molecule has 3 rings (SSSR count). The van der Waals surface area contributed by atoms with E-state index in [0.717, 1.165) is 41.3 Å². The van der Waals surface area contributed by atoms with Gasteiger partial charge in [0.05, 0.1) is 10.7 Å². The van der Waals surface area contributed by atoms with E-state index in [9.17, 15) is 0 Å². The molecule has 2 N–H and O–H groups in total. The van der Waals surface area contributed by atoms with Crippen LogP contribution in [-0.4, -0.2) is 5.54 Å². The van der Waals surface area contributed by atoms with E-state index in [2.05, 4.69) is 49.6 Å². The lowest BCUT2D eigenvalue weighted by Gasteiger charge is -2.41. The molecule has 0 radical (unpaired) electrons. The Morgan fingerprint density at radius 2 is 1.91 bits per heavy atom. The molecule has 0 aromatic heterocycles. The first-order chi connectivity index (χ1) is 11.0. The third-order valence-electron chi connectivity index (χ3n) is 5.02. The molecular weight excluding hydrogens is 304 g/mol. The van der Waals surface area contributed by atoms with E-state index in [4.69, 9.17) is 11.6 Å². The number of benzene rings is 2. The van der Waals surface area contributed by atoms with E-state index in [1.807, 2.05) is 24.3 Å². The molecule has 2 unspecified atom stereocenters. The molecule has 1 heterocycles. The first-order valence-corrected chi connectivity index (χ1v) is 8.86. The van der Waals surface area contributed by atoms with Gasteiger partial charge in [-0.3, -0.25) is 0 Å². The van der Waals surface area contributed by atoms with Crippen LogP contribution in [-0.2, 0) is 0 Å². The van der Waals surface area contributed by atoms with E-state index in [-0.39, 0.29) is 5.54 Å². The molecule has 2 aromatic rings. The Hall–Kier alpha value is -1.67. The maximum atomic E-state index is 6.62. The number of nitrogens with one attached hydrogen (secondary N) is 2. The summed E-state index contributed by atoms with van der Waals surface area (Å²) in [5, 5.41) is 7.95. The smallest absolute Gasteiger partial charge is 0.0661 e. The Bertz CT molecular complexity index is 684. The van der Waals surface area contributed by atoms with Crippen LogP contribution in [0.25, 0.3) is 0 Å². The zero-order valence-corrected chi connectivity index (χ0v) is 14.9. The summed E-state index contributed by atoms with van der Waals surface area (Å²) in [4.78, 5) is 0. The van der Waals surface area contributed by atoms with Gasteiger partial charge >= 0.3 is 0 Å². The largest absolute Gasteiger partial charge is 0.378 e. The van der Waals surface area contributed by atoms with Crippen LogP contribution < -0.4 is 10.6 Å². The van der Waals surface area contributed by atoms with Crippen LogP contribution in [0.15, 0.2) is 42.5 Å². The second-order valence-electron chi connectivity index (χ2n) is 6.76. The molecule has 0 aliphatic carbocycles. The average Bonchev–Trinajstić information content (AvgIpc) is 2.56. The molecule has 0 spiro atoms. The Balaban J connectivity index is 1.98. The third kappa shape index (κ3) is 3.32. The zero-order chi connectivity index (χ0) is 16.4. The molecular formula is C20H25ClN2. The van der Waals surface area contributed by atoms with Crippen LogP contribution in [0.2, 0.25) is 5.02 Å². The van der Waals surface area contributed by atoms with Gasteiger partial charge in [-0.05, 0) is 61.9 Å². The van der Waals surface area contributed by atoms with Crippen molar-refractivity contribution in [2.75, 3.05) is 10.6 Å². The van der Waals surface area contributed by atoms with Crippen molar-refractivity contribution in [3.8, 4) is 0 Å². The summed E-state index contributed by atoms with van der Waals surface area (Å²) >= 11 is 6.62. The summed E-state index contributed by atoms with van der Waals surface area (Å²) < 4.78 is 0. The number of rotatable bonds is 4. The normalized spacial score (nSPS) is 23.0. The van der Waals surface area contributed by atoms with Crippen LogP contribution in [0.5, 0.6) is 0 Å². The standard InChI is InChI=1S/C20H25ClN2/c1-4-14-13-20(3,5-2)23-19-17(14)11-16(12-18(19)21)22-15-9-7-6-8-10-15/h6-12,14,22-23H,4-5,13H2,1-3H3. The minimum Gasteiger partial charge on any atom is -0.378 e. The highest BCUT2D eigenvalue weighted by Gasteiger charge is 2.34. The summed E-state index contributed by atoms with van der Waals surface area (Å²) in [5.74, 6) is 0.547. The van der Waals surface area contributed by atoms with Gasteiger partial charge in [0.25, 0.3) is 0 Å². The summed E-state index contributed by atoms with van der Waals surface area (Å²) in [6, 6.07) is 14.5. The van der Waals surface area contributed by atoms with E-state index in [1.165, 1.54) is 5.56 Å². The first kappa shape index (κ1) is 16.2. The molecule has 0 saturated carbocycles. The van der Waals surface area contributed by atoms with Gasteiger partial charge in [0.15, 0.2) is 0 Å². The fourth-order valence-corrected chi connectivity index (χ4v) is 3.72. The zero-order valence-electron chi connectivity index (χ0n) is 14.1. The van der Waals surface area contributed by atoms with Gasteiger partial charge in [0.1, 0.15) is 0 Å². The van der Waals surface area contributed by atoms with Crippen LogP contribution in [0.1, 0.15) is 51.5 Å². The number of halogens is 1. The van der Waals surface area contributed by atoms with Crippen molar-refractivity contribution in [2.45, 2.75) is 51.5 Å². The van der Waals surface area contributed by atoms with E-state index in [1.54, 1.807) is 0 Å². The summed E-state index contributed by atoms with van der Waals surface area (Å²) in [7, 11) is 0. The van der Waals surface area contributed by atoms with Crippen LogP contribution in [0.4, 0.5) is 17.1 Å². The number of hydrogen-bond donors (Lipinski definition) is 2. The molecule has 2 aromatic carbocycles. The van der Waals surface area contributed by atoms with Gasteiger partial charge in [-0.25, -0.2) is 0 Å². The van der Waals surface area contributed by atoms with E-state index in [0.29, 0.717) is 5.92 Å². The second kappa shape index (κ2) is 6.45. The minimum atomic E-state index is 0.131. The molecule has 0 amide bonds. The fraction of sp³-hybridized carbons (Fsp3) is 0.400. The van der Waals surface area contributed by atoms with Crippen molar-refractivity contribution in [3.05, 3.63) is 53.1 Å². The van der Waals surface area contributed by atoms with Crippen LogP contribution >= 0.6 is 11.6 Å². The molecule has 0 fully saturated rings. The summed E-state index contributed by atoms with van der Waals surface area (Å²) in [5.41, 5.74) is 4.72. The highest BCUT2D eigenvalue weighted by atomic mass is 35.5. The van der Waals surface area contributed by atoms with Crippen molar-refractivity contribution < 1.29 is 0 Å². The maximum Gasteiger partial charge on any atom is 0.0661 e. The van der Waals surface area contributed by atoms with Crippen molar-refractivity contribution in [1.29, 1.82) is 0 Å². The maximum absolute atomic E-state index is 6.62. The predicted octanol–water partition coefficient (Wildman–Crippen LogP) is 6.56. The monoisotopic (exact) mass is 328 g/mol. The number of hydrogen-bond acceptors (Lipinski definition) is 2. The highest BCUT2D eigenvalue weighted by molar-refractivity contribution is 6.33. The molecule has 122 valence electrons. The Morgan fingerprint density at radius 1 is 1.17 bits per heavy atom. The molecule has 2 atom stereocenters. The number of para-hydroxylation sites is 1. The van der Waals surface area contributed by atoms with Gasteiger partial charge in [0, 0.05) is 16.9 Å². The molecule has 0 saturated heterocycles.